The van der Waals surface area contributed by atoms with E-state index < -0.39 is 4.75 Å². The number of benzene rings is 1. The number of amides is 1. The Morgan fingerprint density at radius 2 is 1.81 bits per heavy atom. The normalized spacial score (nSPS) is 16.5. The van der Waals surface area contributed by atoms with E-state index in [1.54, 1.807) is 11.8 Å². The van der Waals surface area contributed by atoms with Crippen molar-refractivity contribution in [2.75, 3.05) is 13.1 Å². The van der Waals surface area contributed by atoms with Gasteiger partial charge in [0, 0.05) is 28.5 Å². The van der Waals surface area contributed by atoms with Crippen molar-refractivity contribution in [3.8, 4) is 0 Å². The van der Waals surface area contributed by atoms with Crippen LogP contribution in [0.15, 0.2) is 33.6 Å². The first-order valence-corrected chi connectivity index (χ1v) is 8.49. The molecular weight excluding hydrogens is 372 g/mol. The fourth-order valence-corrected chi connectivity index (χ4v) is 3.67. The Labute approximate surface area is 145 Å². The van der Waals surface area contributed by atoms with E-state index in [0.29, 0.717) is 0 Å². The summed E-state index contributed by atoms with van der Waals surface area (Å²) in [5.41, 5.74) is 5.90. The third-order valence-electron chi connectivity index (χ3n) is 3.53. The highest BCUT2D eigenvalue weighted by molar-refractivity contribution is 9.10. The van der Waals surface area contributed by atoms with E-state index in [-0.39, 0.29) is 24.4 Å². The van der Waals surface area contributed by atoms with Gasteiger partial charge in [0.15, 0.2) is 0 Å². The fraction of sp³-hybridized carbons (Fsp3) is 0.533. The van der Waals surface area contributed by atoms with E-state index in [0.717, 1.165) is 35.3 Å². The lowest BCUT2D eigenvalue weighted by atomic mass is 10.0. The lowest BCUT2D eigenvalue weighted by molar-refractivity contribution is -0.133. The van der Waals surface area contributed by atoms with Crippen molar-refractivity contribution in [3.05, 3.63) is 28.7 Å². The molecule has 0 aliphatic carbocycles. The maximum atomic E-state index is 12.7. The maximum absolute atomic E-state index is 12.7. The number of nitrogens with zero attached hydrogens (tertiary/aromatic N) is 1. The number of hydrogen-bond acceptors (Lipinski definition) is 3. The minimum atomic E-state index is -0.449. The number of carbonyl (C=O) groups excluding carboxylic acids is 1. The topological polar surface area (TPSA) is 46.3 Å². The molecule has 1 aliphatic rings. The number of piperidine rings is 1. The minimum absolute atomic E-state index is 0. The smallest absolute Gasteiger partial charge is 0.238 e. The Hall–Kier alpha value is -0.230. The summed E-state index contributed by atoms with van der Waals surface area (Å²) < 4.78 is 0.603. The van der Waals surface area contributed by atoms with E-state index >= 15 is 0 Å². The summed E-state index contributed by atoms with van der Waals surface area (Å²) >= 11 is 5.04. The van der Waals surface area contributed by atoms with Crippen molar-refractivity contribution in [1.29, 1.82) is 0 Å². The molecule has 0 spiro atoms. The molecule has 0 radical (unpaired) electrons. The summed E-state index contributed by atoms with van der Waals surface area (Å²) in [5, 5.41) is 0. The number of hydrogen-bond donors (Lipinski definition) is 1. The van der Waals surface area contributed by atoms with Crippen LogP contribution in [0.25, 0.3) is 0 Å². The molecule has 3 nitrogen and oxygen atoms in total. The van der Waals surface area contributed by atoms with Gasteiger partial charge in [0.05, 0.1) is 4.75 Å². The van der Waals surface area contributed by atoms with Crippen LogP contribution >= 0.6 is 40.1 Å². The molecule has 2 rings (SSSR count). The highest BCUT2D eigenvalue weighted by Crippen LogP contribution is 2.35. The molecule has 21 heavy (non-hydrogen) atoms. The Morgan fingerprint density at radius 1 is 1.29 bits per heavy atom. The molecule has 0 saturated carbocycles. The summed E-state index contributed by atoms with van der Waals surface area (Å²) in [6, 6.07) is 8.33. The average molecular weight is 394 g/mol. The van der Waals surface area contributed by atoms with Gasteiger partial charge in [0.25, 0.3) is 0 Å². The molecule has 6 heteroatoms. The molecule has 1 amide bonds. The lowest BCUT2D eigenvalue weighted by Crippen LogP contribution is -2.49. The summed E-state index contributed by atoms with van der Waals surface area (Å²) in [5.74, 6) is 0.206. The quantitative estimate of drug-likeness (QED) is 0.797. The summed E-state index contributed by atoms with van der Waals surface area (Å²) in [6.45, 7) is 5.56. The zero-order valence-electron chi connectivity index (χ0n) is 12.3. The van der Waals surface area contributed by atoms with Crippen LogP contribution < -0.4 is 5.73 Å². The highest BCUT2D eigenvalue weighted by Gasteiger charge is 2.34. The van der Waals surface area contributed by atoms with Gasteiger partial charge in [0.2, 0.25) is 5.91 Å². The minimum Gasteiger partial charge on any atom is -0.341 e. The Morgan fingerprint density at radius 3 is 2.33 bits per heavy atom. The number of halogens is 2. The van der Waals surface area contributed by atoms with Crippen molar-refractivity contribution < 1.29 is 4.79 Å². The Bertz CT molecular complexity index is 473. The first-order valence-electron chi connectivity index (χ1n) is 6.88. The monoisotopic (exact) mass is 392 g/mol. The van der Waals surface area contributed by atoms with Crippen molar-refractivity contribution in [2.45, 2.75) is 42.4 Å². The molecule has 1 aliphatic heterocycles. The number of likely N-dealkylation sites (tertiary alicyclic amines) is 1. The molecule has 0 atom stereocenters. The van der Waals surface area contributed by atoms with Crippen LogP contribution in [-0.2, 0) is 4.79 Å². The summed E-state index contributed by atoms with van der Waals surface area (Å²) in [7, 11) is 0. The van der Waals surface area contributed by atoms with Gasteiger partial charge in [-0.15, -0.1) is 24.2 Å². The van der Waals surface area contributed by atoms with E-state index in [4.69, 9.17) is 5.73 Å². The zero-order chi connectivity index (χ0) is 14.8. The molecule has 1 aromatic rings. The van der Waals surface area contributed by atoms with Crippen LogP contribution in [0.3, 0.4) is 0 Å². The molecular formula is C15H22BrClN2OS. The van der Waals surface area contributed by atoms with Gasteiger partial charge in [-0.25, -0.2) is 0 Å². The van der Waals surface area contributed by atoms with Crippen LogP contribution in [0.4, 0.5) is 0 Å². The van der Waals surface area contributed by atoms with Gasteiger partial charge in [-0.2, -0.15) is 0 Å². The van der Waals surface area contributed by atoms with E-state index in [1.165, 1.54) is 0 Å². The lowest BCUT2D eigenvalue weighted by Gasteiger charge is -2.35. The molecule has 1 aromatic carbocycles. The Balaban J connectivity index is 0.00000220. The predicted octanol–water partition coefficient (Wildman–Crippen LogP) is 3.69. The number of rotatable bonds is 3. The van der Waals surface area contributed by atoms with Gasteiger partial charge in [-0.1, -0.05) is 15.9 Å². The van der Waals surface area contributed by atoms with Gasteiger partial charge in [0.1, 0.15) is 0 Å². The van der Waals surface area contributed by atoms with Crippen molar-refractivity contribution in [3.63, 3.8) is 0 Å². The second-order valence-corrected chi connectivity index (χ2v) is 8.31. The summed E-state index contributed by atoms with van der Waals surface area (Å²) in [6.07, 6.45) is 1.82. The second kappa shape index (κ2) is 7.86. The Kier molecular flexibility index (Phi) is 7.04. The molecule has 118 valence electrons. The number of nitrogens with two attached hydrogens (primary N) is 1. The SMILES string of the molecule is CC(C)(Sc1ccc(Br)cc1)C(=O)N1CCC(N)CC1.Cl. The predicted molar refractivity (Wildman–Crippen MR) is 95.1 cm³/mol. The summed E-state index contributed by atoms with van der Waals surface area (Å²) in [4.78, 5) is 15.7. The number of carbonyl (C=O) groups is 1. The first kappa shape index (κ1) is 18.8. The van der Waals surface area contributed by atoms with E-state index in [1.807, 2.05) is 43.0 Å². The third-order valence-corrected chi connectivity index (χ3v) is 5.25. The standard InChI is InChI=1S/C15H21BrN2OS.ClH/c1-15(2,20-13-5-3-11(16)4-6-13)14(19)18-9-7-12(17)8-10-18;/h3-6,12H,7-10,17H2,1-2H3;1H. The van der Waals surface area contributed by atoms with Gasteiger partial charge in [-0.05, 0) is 51.0 Å². The van der Waals surface area contributed by atoms with Crippen LogP contribution in [-0.4, -0.2) is 34.7 Å². The van der Waals surface area contributed by atoms with E-state index in [2.05, 4.69) is 15.9 Å². The van der Waals surface area contributed by atoms with Crippen molar-refractivity contribution in [2.24, 2.45) is 5.73 Å². The first-order chi connectivity index (χ1) is 9.38. The zero-order valence-corrected chi connectivity index (χ0v) is 15.6. The van der Waals surface area contributed by atoms with E-state index in [9.17, 15) is 4.79 Å². The molecule has 0 bridgehead atoms. The average Bonchev–Trinajstić information content (AvgIpc) is 2.41. The molecule has 0 unspecified atom stereocenters. The maximum Gasteiger partial charge on any atom is 0.238 e. The highest BCUT2D eigenvalue weighted by atomic mass is 79.9. The second-order valence-electron chi connectivity index (χ2n) is 5.70. The van der Waals surface area contributed by atoms with Crippen LogP contribution in [0.2, 0.25) is 0 Å². The van der Waals surface area contributed by atoms with Gasteiger partial charge in [-0.3, -0.25) is 4.79 Å². The van der Waals surface area contributed by atoms with Crippen molar-refractivity contribution in [1.82, 2.24) is 4.90 Å². The van der Waals surface area contributed by atoms with Gasteiger partial charge < -0.3 is 10.6 Å². The van der Waals surface area contributed by atoms with Crippen LogP contribution in [0.1, 0.15) is 26.7 Å². The molecule has 1 saturated heterocycles. The van der Waals surface area contributed by atoms with Crippen LogP contribution in [0.5, 0.6) is 0 Å². The molecule has 1 fully saturated rings. The molecule has 2 N–H and O–H groups in total. The fourth-order valence-electron chi connectivity index (χ4n) is 2.32. The van der Waals surface area contributed by atoms with Crippen LogP contribution in [0, 0.1) is 0 Å². The van der Waals surface area contributed by atoms with Gasteiger partial charge >= 0.3 is 0 Å². The number of thioether (sulfide) groups is 1. The largest absolute Gasteiger partial charge is 0.341 e. The molecule has 1 heterocycles. The van der Waals surface area contributed by atoms with Crippen molar-refractivity contribution >= 4 is 46.0 Å². The third kappa shape index (κ3) is 5.16. The molecule has 0 aromatic heterocycles.